The minimum atomic E-state index is 2.07. The average molecular weight is 54.1 g/mol. The van der Waals surface area contributed by atoms with E-state index < -0.39 is 0 Å². The predicted octanol–water partition coefficient (Wildman–Crippen LogP) is 0.0469. The molecule has 0 saturated heterocycles. The van der Waals surface area contributed by atoms with Gasteiger partial charge in [-0.05, 0) is 0 Å². The monoisotopic (exact) mass is 54.0 g/mol. The van der Waals surface area contributed by atoms with E-state index in [0.29, 0.717) is 0 Å². The summed E-state index contributed by atoms with van der Waals surface area (Å²) < 4.78 is 0. The van der Waals surface area contributed by atoms with Crippen molar-refractivity contribution < 1.29 is 0 Å². The zero-order valence-electron chi connectivity index (χ0n) is 2.28. The number of nitrogens with two attached hydrogens (primary N) is 1. The maximum Gasteiger partial charge on any atom is -0.135 e. The Hall–Kier alpha value is -0.680. The molecule has 0 amide bonds. The molecule has 1 nitrogen and oxygen atoms in total. The molecule has 0 atom stereocenters. The Balaban J connectivity index is 3.11. The van der Waals surface area contributed by atoms with Crippen LogP contribution in [0.5, 0.6) is 0 Å². The molecule has 0 rings (SSSR count). The van der Waals surface area contributed by atoms with Crippen molar-refractivity contribution in [3.63, 3.8) is 0 Å². The van der Waals surface area contributed by atoms with E-state index in [1.807, 2.05) is 0 Å². The van der Waals surface area contributed by atoms with Gasteiger partial charge in [0.15, 0.2) is 0 Å². The average Bonchev–Trinajstić information content (AvgIpc) is 1.37. The summed E-state index contributed by atoms with van der Waals surface area (Å²) in [7, 11) is 0. The fourth-order valence-electron chi connectivity index (χ4n) is 0. The largest absolute Gasteiger partial charge is 0.482 e. The van der Waals surface area contributed by atoms with Crippen LogP contribution in [-0.2, 0) is 0 Å². The first-order valence-electron chi connectivity index (χ1n) is 0.892. The molecule has 22 valence electrons. The Morgan fingerprint density at radius 2 is 2.25 bits per heavy atom. The Morgan fingerprint density at radius 1 is 2.00 bits per heavy atom. The molecule has 0 bridgehead atoms. The number of rotatable bonds is 0. The molecular weight excluding hydrogens is 50.0 g/mol. The van der Waals surface area contributed by atoms with Gasteiger partial charge in [-0.15, -0.1) is 6.20 Å². The van der Waals surface area contributed by atoms with Gasteiger partial charge in [-0.2, -0.15) is 0 Å². The van der Waals surface area contributed by atoms with Gasteiger partial charge in [0.1, 0.15) is 0 Å². The first kappa shape index (κ1) is 3.32. The fourth-order valence-corrected chi connectivity index (χ4v) is 0. The van der Waals surface area contributed by atoms with Crippen LogP contribution in [0, 0.1) is 6.20 Å². The molecule has 0 aromatic carbocycles. The highest BCUT2D eigenvalue weighted by Crippen LogP contribution is 1.27. The van der Waals surface area contributed by atoms with Crippen LogP contribution in [-0.4, -0.2) is 0 Å². The van der Waals surface area contributed by atoms with Gasteiger partial charge in [-0.1, -0.05) is 0 Å². The molecule has 2 N–H and O–H groups in total. The van der Waals surface area contributed by atoms with Crippen LogP contribution in [0.1, 0.15) is 0 Å². The molecular formula is C3H4N-. The van der Waals surface area contributed by atoms with Crippen LogP contribution in [0.3, 0.4) is 0 Å². The molecule has 0 aliphatic rings. The van der Waals surface area contributed by atoms with Gasteiger partial charge < -0.3 is 11.5 Å². The Bertz CT molecular complexity index is 41.2. The molecule has 0 radical (unpaired) electrons. The van der Waals surface area contributed by atoms with Crippen LogP contribution in [0.2, 0.25) is 0 Å². The van der Waals surface area contributed by atoms with Crippen molar-refractivity contribution in [3.8, 4) is 0 Å². The molecule has 0 unspecified atom stereocenters. The first-order chi connectivity index (χ1) is 1.91. The SMILES string of the molecule is C=C=[C-]N. The lowest BCUT2D eigenvalue weighted by atomic mass is 10.9. The summed E-state index contributed by atoms with van der Waals surface area (Å²) in [5.74, 6) is 0. The molecule has 1 heteroatoms. The summed E-state index contributed by atoms with van der Waals surface area (Å²) >= 11 is 0. The first-order valence-corrected chi connectivity index (χ1v) is 0.892. The molecule has 0 saturated carbocycles. The highest BCUT2D eigenvalue weighted by Gasteiger charge is 1.04. The second-order valence-corrected chi connectivity index (χ2v) is 0.321. The number of hydrogen-bond donors (Lipinski definition) is 1. The van der Waals surface area contributed by atoms with E-state index in [1.165, 1.54) is 0 Å². The van der Waals surface area contributed by atoms with Crippen molar-refractivity contribution in [3.05, 3.63) is 18.5 Å². The molecule has 0 fully saturated rings. The van der Waals surface area contributed by atoms with E-state index in [9.17, 15) is 0 Å². The standard InChI is InChI=1S/C3H4N/c1-2-3-4/h1,4H2/q-1. The van der Waals surface area contributed by atoms with Crippen molar-refractivity contribution >= 4 is 0 Å². The molecule has 0 spiro atoms. The van der Waals surface area contributed by atoms with Gasteiger partial charge in [0.2, 0.25) is 0 Å². The van der Waals surface area contributed by atoms with E-state index in [1.54, 1.807) is 0 Å². The van der Waals surface area contributed by atoms with Gasteiger partial charge >= 0.3 is 0 Å². The zero-order chi connectivity index (χ0) is 3.41. The summed E-state index contributed by atoms with van der Waals surface area (Å²) in [6.07, 6.45) is 2.07. The summed E-state index contributed by atoms with van der Waals surface area (Å²) in [6.45, 7) is 3.12. The van der Waals surface area contributed by atoms with Crippen molar-refractivity contribution in [1.82, 2.24) is 0 Å². The quantitative estimate of drug-likeness (QED) is 0.236. The van der Waals surface area contributed by atoms with Crippen LogP contribution in [0.25, 0.3) is 0 Å². The molecule has 0 aliphatic carbocycles. The van der Waals surface area contributed by atoms with Crippen LogP contribution < -0.4 is 5.73 Å². The predicted molar refractivity (Wildman–Crippen MR) is 16.6 cm³/mol. The summed E-state index contributed by atoms with van der Waals surface area (Å²) in [6, 6.07) is 0. The Kier molecular flexibility index (Phi) is 1.93. The zero-order valence-corrected chi connectivity index (χ0v) is 2.28. The van der Waals surface area contributed by atoms with Gasteiger partial charge in [0.25, 0.3) is 0 Å². The second-order valence-electron chi connectivity index (χ2n) is 0.321. The molecule has 0 aromatic heterocycles. The van der Waals surface area contributed by atoms with Gasteiger partial charge in [0, 0.05) is 0 Å². The normalized spacial score (nSPS) is 4.00. The smallest absolute Gasteiger partial charge is 0.135 e. The van der Waals surface area contributed by atoms with Crippen LogP contribution in [0.4, 0.5) is 0 Å². The van der Waals surface area contributed by atoms with Crippen molar-refractivity contribution in [2.75, 3.05) is 0 Å². The third kappa shape index (κ3) is 1.32. The minimum Gasteiger partial charge on any atom is -0.482 e. The second kappa shape index (κ2) is 2.32. The van der Waals surface area contributed by atoms with Gasteiger partial charge in [-0.25, -0.2) is 6.58 Å². The fraction of sp³-hybridized carbons (Fsp3) is 0. The van der Waals surface area contributed by atoms with Crippen molar-refractivity contribution in [1.29, 1.82) is 0 Å². The van der Waals surface area contributed by atoms with Crippen LogP contribution in [0.15, 0.2) is 12.3 Å². The lowest BCUT2D eigenvalue weighted by molar-refractivity contribution is 1.55. The summed E-state index contributed by atoms with van der Waals surface area (Å²) in [4.78, 5) is 0. The van der Waals surface area contributed by atoms with Crippen LogP contribution >= 0.6 is 0 Å². The van der Waals surface area contributed by atoms with Gasteiger partial charge in [-0.3, -0.25) is 0 Å². The maximum absolute atomic E-state index is 4.60. The van der Waals surface area contributed by atoms with E-state index >= 15 is 0 Å². The topological polar surface area (TPSA) is 26.0 Å². The minimum absolute atomic E-state index is 2.07. The Morgan fingerprint density at radius 3 is 2.25 bits per heavy atom. The third-order valence-electron chi connectivity index (χ3n) is 0.102. The highest BCUT2D eigenvalue weighted by atomic mass is 14.5. The maximum atomic E-state index is 4.60. The molecule has 0 aliphatic heterocycles. The lowest BCUT2D eigenvalue weighted by Gasteiger charge is -1.59. The van der Waals surface area contributed by atoms with E-state index in [2.05, 4.69) is 24.2 Å². The third-order valence-corrected chi connectivity index (χ3v) is 0.102. The van der Waals surface area contributed by atoms with E-state index in [-0.39, 0.29) is 0 Å². The molecule has 4 heavy (non-hydrogen) atoms. The van der Waals surface area contributed by atoms with Gasteiger partial charge in [0.05, 0.1) is 0 Å². The van der Waals surface area contributed by atoms with E-state index in [0.717, 1.165) is 0 Å². The summed E-state index contributed by atoms with van der Waals surface area (Å²) in [5, 5.41) is 0. The highest BCUT2D eigenvalue weighted by molar-refractivity contribution is 4.56. The van der Waals surface area contributed by atoms with E-state index in [4.69, 9.17) is 0 Å². The molecule has 0 aromatic rings. The Labute approximate surface area is 25.4 Å². The van der Waals surface area contributed by atoms with Crippen molar-refractivity contribution in [2.24, 2.45) is 5.73 Å². The lowest BCUT2D eigenvalue weighted by Crippen LogP contribution is -1.70. The summed E-state index contributed by atoms with van der Waals surface area (Å²) in [5.41, 5.74) is 6.81. The van der Waals surface area contributed by atoms with Crippen molar-refractivity contribution in [2.45, 2.75) is 0 Å². The number of hydrogen-bond acceptors (Lipinski definition) is 1. The molecule has 0 heterocycles.